The van der Waals surface area contributed by atoms with Crippen molar-refractivity contribution in [3.8, 4) is 0 Å². The monoisotopic (exact) mass is 344 g/mol. The molecule has 5 heteroatoms. The normalized spacial score (nSPS) is 10.5. The van der Waals surface area contributed by atoms with Crippen LogP contribution in [0.2, 0.25) is 5.02 Å². The first kappa shape index (κ1) is 14.2. The van der Waals surface area contributed by atoms with Gasteiger partial charge in [0.25, 0.3) is 0 Å². The lowest BCUT2D eigenvalue weighted by molar-refractivity contribution is 0.0993. The van der Waals surface area contributed by atoms with Gasteiger partial charge in [0.1, 0.15) is 11.6 Å². The van der Waals surface area contributed by atoms with E-state index in [-0.39, 0.29) is 22.8 Å². The number of rotatable bonds is 3. The summed E-state index contributed by atoms with van der Waals surface area (Å²) in [4.78, 5) is 12.1. The van der Waals surface area contributed by atoms with E-state index in [4.69, 9.17) is 11.6 Å². The largest absolute Gasteiger partial charge is 0.294 e. The SMILES string of the molecule is O=C(Cc1cc(F)ccc1Br)c1ccc(F)cc1Cl. The maximum absolute atomic E-state index is 13.1. The number of carbonyl (C=O) groups excluding carboxylic acids is 1. The summed E-state index contributed by atoms with van der Waals surface area (Å²) in [5, 5.41) is 0.0533. The van der Waals surface area contributed by atoms with Crippen molar-refractivity contribution in [1.29, 1.82) is 0 Å². The third-order valence-electron chi connectivity index (χ3n) is 2.59. The molecule has 0 atom stereocenters. The molecule has 0 aliphatic heterocycles. The molecule has 98 valence electrons. The van der Waals surface area contributed by atoms with Crippen molar-refractivity contribution in [1.82, 2.24) is 0 Å². The predicted octanol–water partition coefficient (Wildman–Crippen LogP) is 4.81. The quantitative estimate of drug-likeness (QED) is 0.730. The lowest BCUT2D eigenvalue weighted by Crippen LogP contribution is -2.05. The molecule has 0 fully saturated rings. The molecule has 2 aromatic carbocycles. The zero-order chi connectivity index (χ0) is 14.0. The molecule has 0 amide bonds. The number of hydrogen-bond donors (Lipinski definition) is 0. The Hall–Kier alpha value is -1.26. The van der Waals surface area contributed by atoms with Gasteiger partial charge in [-0.05, 0) is 42.0 Å². The molecule has 0 bridgehead atoms. The van der Waals surface area contributed by atoms with E-state index in [1.807, 2.05) is 0 Å². The predicted molar refractivity (Wildman–Crippen MR) is 73.5 cm³/mol. The fourth-order valence-corrected chi connectivity index (χ4v) is 2.32. The van der Waals surface area contributed by atoms with Crippen molar-refractivity contribution in [3.63, 3.8) is 0 Å². The van der Waals surface area contributed by atoms with Crippen LogP contribution >= 0.6 is 27.5 Å². The Morgan fingerprint density at radius 1 is 1.11 bits per heavy atom. The Bertz CT molecular complexity index is 643. The highest BCUT2D eigenvalue weighted by atomic mass is 79.9. The van der Waals surface area contributed by atoms with Crippen molar-refractivity contribution in [2.45, 2.75) is 6.42 Å². The Morgan fingerprint density at radius 3 is 2.42 bits per heavy atom. The summed E-state index contributed by atoms with van der Waals surface area (Å²) in [5.41, 5.74) is 0.740. The van der Waals surface area contributed by atoms with Crippen molar-refractivity contribution >= 4 is 33.3 Å². The molecule has 19 heavy (non-hydrogen) atoms. The van der Waals surface area contributed by atoms with Crippen molar-refractivity contribution < 1.29 is 13.6 Å². The average Bonchev–Trinajstić information content (AvgIpc) is 2.33. The first-order chi connectivity index (χ1) is 8.97. The summed E-state index contributed by atoms with van der Waals surface area (Å²) >= 11 is 9.06. The molecule has 0 N–H and O–H groups in total. The van der Waals surface area contributed by atoms with Gasteiger partial charge < -0.3 is 0 Å². The van der Waals surface area contributed by atoms with E-state index < -0.39 is 11.6 Å². The van der Waals surface area contributed by atoms with Gasteiger partial charge >= 0.3 is 0 Å². The minimum Gasteiger partial charge on any atom is -0.294 e. The van der Waals surface area contributed by atoms with Gasteiger partial charge in [0.15, 0.2) is 5.78 Å². The van der Waals surface area contributed by atoms with E-state index in [1.165, 1.54) is 30.3 Å². The Labute approximate surface area is 122 Å². The van der Waals surface area contributed by atoms with Gasteiger partial charge in [0.05, 0.1) is 5.02 Å². The zero-order valence-corrected chi connectivity index (χ0v) is 11.9. The number of halogens is 4. The Morgan fingerprint density at radius 2 is 1.74 bits per heavy atom. The number of benzene rings is 2. The van der Waals surface area contributed by atoms with Crippen LogP contribution in [0.1, 0.15) is 15.9 Å². The van der Waals surface area contributed by atoms with Crippen LogP contribution in [-0.4, -0.2) is 5.78 Å². The van der Waals surface area contributed by atoms with Gasteiger partial charge in [-0.3, -0.25) is 4.79 Å². The molecule has 2 rings (SSSR count). The molecule has 0 heterocycles. The molecule has 0 radical (unpaired) electrons. The number of ketones is 1. The molecule has 2 aromatic rings. The van der Waals surface area contributed by atoms with Crippen LogP contribution < -0.4 is 0 Å². The Kier molecular flexibility index (Phi) is 4.32. The number of hydrogen-bond acceptors (Lipinski definition) is 1. The second kappa shape index (κ2) is 5.80. The third-order valence-corrected chi connectivity index (χ3v) is 3.68. The molecule has 1 nitrogen and oxygen atoms in total. The van der Waals surface area contributed by atoms with E-state index in [9.17, 15) is 13.6 Å². The van der Waals surface area contributed by atoms with Crippen LogP contribution in [0.5, 0.6) is 0 Å². The molecule has 0 aliphatic carbocycles. The molecular formula is C14H8BrClF2O. The van der Waals surface area contributed by atoms with Crippen molar-refractivity contribution in [2.24, 2.45) is 0 Å². The van der Waals surface area contributed by atoms with Gasteiger partial charge in [-0.15, -0.1) is 0 Å². The molecule has 0 spiro atoms. The fraction of sp³-hybridized carbons (Fsp3) is 0.0714. The minimum absolute atomic E-state index is 0.0102. The van der Waals surface area contributed by atoms with Gasteiger partial charge in [-0.25, -0.2) is 8.78 Å². The van der Waals surface area contributed by atoms with Gasteiger partial charge in [0.2, 0.25) is 0 Å². The maximum atomic E-state index is 13.1. The fourth-order valence-electron chi connectivity index (χ4n) is 1.66. The van der Waals surface area contributed by atoms with Gasteiger partial charge in [0, 0.05) is 16.5 Å². The minimum atomic E-state index is -0.506. The summed E-state index contributed by atoms with van der Waals surface area (Å²) in [5.74, 6) is -1.22. The highest BCUT2D eigenvalue weighted by Gasteiger charge is 2.14. The van der Waals surface area contributed by atoms with Crippen LogP contribution in [0.25, 0.3) is 0 Å². The summed E-state index contributed by atoms with van der Waals surface area (Å²) in [6.07, 6.45) is -0.0102. The van der Waals surface area contributed by atoms with E-state index in [0.29, 0.717) is 10.0 Å². The van der Waals surface area contributed by atoms with Gasteiger partial charge in [-0.1, -0.05) is 27.5 Å². The summed E-state index contributed by atoms with van der Waals surface area (Å²) < 4.78 is 26.7. The summed E-state index contributed by atoms with van der Waals surface area (Å²) in [7, 11) is 0. The first-order valence-corrected chi connectivity index (χ1v) is 6.56. The van der Waals surface area contributed by atoms with Crippen molar-refractivity contribution in [3.05, 3.63) is 68.7 Å². The lowest BCUT2D eigenvalue weighted by atomic mass is 10.0. The first-order valence-electron chi connectivity index (χ1n) is 5.39. The molecule has 0 saturated carbocycles. The second-order valence-electron chi connectivity index (χ2n) is 3.96. The summed E-state index contributed by atoms with van der Waals surface area (Å²) in [6, 6.07) is 7.68. The molecule has 0 aromatic heterocycles. The number of carbonyl (C=O) groups is 1. The van der Waals surface area contributed by atoms with E-state index in [0.717, 1.165) is 6.07 Å². The number of Topliss-reactive ketones (excluding diaryl/α,β-unsaturated/α-hetero) is 1. The topological polar surface area (TPSA) is 17.1 Å². The molecular weight excluding hydrogens is 338 g/mol. The smallest absolute Gasteiger partial charge is 0.168 e. The molecule has 0 unspecified atom stereocenters. The van der Waals surface area contributed by atoms with Crippen LogP contribution in [0.15, 0.2) is 40.9 Å². The zero-order valence-electron chi connectivity index (χ0n) is 9.59. The lowest BCUT2D eigenvalue weighted by Gasteiger charge is -2.06. The summed E-state index contributed by atoms with van der Waals surface area (Å²) in [6.45, 7) is 0. The van der Waals surface area contributed by atoms with Crippen LogP contribution in [-0.2, 0) is 6.42 Å². The standard InChI is InChI=1S/C14H8BrClF2O/c15-12-4-2-9(17)5-8(12)6-14(19)11-3-1-10(18)7-13(11)16/h1-5,7H,6H2. The van der Waals surface area contributed by atoms with Crippen molar-refractivity contribution in [2.75, 3.05) is 0 Å². The van der Waals surface area contributed by atoms with Crippen LogP contribution in [0.4, 0.5) is 8.78 Å². The average molecular weight is 346 g/mol. The third kappa shape index (κ3) is 3.39. The Balaban J connectivity index is 2.28. The highest BCUT2D eigenvalue weighted by Crippen LogP contribution is 2.23. The van der Waals surface area contributed by atoms with E-state index >= 15 is 0 Å². The van der Waals surface area contributed by atoms with Gasteiger partial charge in [-0.2, -0.15) is 0 Å². The van der Waals surface area contributed by atoms with E-state index in [1.54, 1.807) is 0 Å². The second-order valence-corrected chi connectivity index (χ2v) is 5.22. The molecule has 0 aliphatic rings. The van der Waals surface area contributed by atoms with Crippen LogP contribution in [0, 0.1) is 11.6 Å². The molecule has 0 saturated heterocycles. The van der Waals surface area contributed by atoms with Crippen LogP contribution in [0.3, 0.4) is 0 Å². The highest BCUT2D eigenvalue weighted by molar-refractivity contribution is 9.10. The van der Waals surface area contributed by atoms with E-state index in [2.05, 4.69) is 15.9 Å². The maximum Gasteiger partial charge on any atom is 0.168 e.